The summed E-state index contributed by atoms with van der Waals surface area (Å²) in [4.78, 5) is 0. The minimum Gasteiger partial charge on any atom is -0.330 e. The van der Waals surface area contributed by atoms with Crippen molar-refractivity contribution in [1.29, 1.82) is 0 Å². The Bertz CT molecular complexity index is 299. The third-order valence-electron chi connectivity index (χ3n) is 2.31. The standard InChI is InChI=1S/C11H15F2N/c1-8(7-14)2-3-9-4-5-10(12)11(13)6-9/h4-6,8H,2-3,7,14H2,1H3/t8-/m0/s1. The van der Waals surface area contributed by atoms with E-state index in [0.717, 1.165) is 24.5 Å². The summed E-state index contributed by atoms with van der Waals surface area (Å²) in [6.45, 7) is 2.67. The summed E-state index contributed by atoms with van der Waals surface area (Å²) in [5.41, 5.74) is 6.28. The van der Waals surface area contributed by atoms with Crippen LogP contribution in [0.25, 0.3) is 0 Å². The third kappa shape index (κ3) is 3.07. The van der Waals surface area contributed by atoms with Gasteiger partial charge in [-0.05, 0) is 43.0 Å². The highest BCUT2D eigenvalue weighted by Gasteiger charge is 2.04. The molecule has 3 heteroatoms. The van der Waals surface area contributed by atoms with Crippen LogP contribution >= 0.6 is 0 Å². The second-order valence-corrected chi connectivity index (χ2v) is 3.63. The molecule has 0 aromatic heterocycles. The molecule has 78 valence electrons. The van der Waals surface area contributed by atoms with Crippen molar-refractivity contribution in [2.24, 2.45) is 11.7 Å². The number of nitrogens with two attached hydrogens (primary N) is 1. The largest absolute Gasteiger partial charge is 0.330 e. The lowest BCUT2D eigenvalue weighted by Crippen LogP contribution is -2.11. The van der Waals surface area contributed by atoms with Gasteiger partial charge >= 0.3 is 0 Å². The highest BCUT2D eigenvalue weighted by molar-refractivity contribution is 5.17. The van der Waals surface area contributed by atoms with Gasteiger partial charge in [-0.25, -0.2) is 8.78 Å². The molecule has 0 spiro atoms. The van der Waals surface area contributed by atoms with E-state index in [4.69, 9.17) is 5.73 Å². The third-order valence-corrected chi connectivity index (χ3v) is 2.31. The van der Waals surface area contributed by atoms with E-state index in [-0.39, 0.29) is 0 Å². The van der Waals surface area contributed by atoms with Gasteiger partial charge in [-0.2, -0.15) is 0 Å². The molecular weight excluding hydrogens is 184 g/mol. The molecule has 0 amide bonds. The first-order valence-corrected chi connectivity index (χ1v) is 4.77. The minimum atomic E-state index is -0.791. The zero-order valence-electron chi connectivity index (χ0n) is 8.26. The fraction of sp³-hybridized carbons (Fsp3) is 0.455. The van der Waals surface area contributed by atoms with Crippen molar-refractivity contribution in [3.8, 4) is 0 Å². The first-order valence-electron chi connectivity index (χ1n) is 4.77. The number of hydrogen-bond acceptors (Lipinski definition) is 1. The van der Waals surface area contributed by atoms with Gasteiger partial charge in [0.15, 0.2) is 11.6 Å². The molecular formula is C11H15F2N. The van der Waals surface area contributed by atoms with Crippen molar-refractivity contribution >= 4 is 0 Å². The second kappa shape index (κ2) is 5.05. The van der Waals surface area contributed by atoms with E-state index < -0.39 is 11.6 Å². The minimum absolute atomic E-state index is 0.420. The van der Waals surface area contributed by atoms with Gasteiger partial charge in [0.25, 0.3) is 0 Å². The molecule has 1 nitrogen and oxygen atoms in total. The molecule has 2 N–H and O–H groups in total. The van der Waals surface area contributed by atoms with Crippen molar-refractivity contribution < 1.29 is 8.78 Å². The smallest absolute Gasteiger partial charge is 0.159 e. The molecule has 0 fully saturated rings. The lowest BCUT2D eigenvalue weighted by atomic mass is 10.0. The van der Waals surface area contributed by atoms with Crippen LogP contribution in [0.5, 0.6) is 0 Å². The van der Waals surface area contributed by atoms with E-state index in [1.54, 1.807) is 6.07 Å². The van der Waals surface area contributed by atoms with Crippen molar-refractivity contribution in [2.45, 2.75) is 19.8 Å². The highest BCUT2D eigenvalue weighted by Crippen LogP contribution is 2.12. The molecule has 14 heavy (non-hydrogen) atoms. The summed E-state index contributed by atoms with van der Waals surface area (Å²) >= 11 is 0. The first kappa shape index (κ1) is 11.1. The average molecular weight is 199 g/mol. The Morgan fingerprint density at radius 1 is 1.29 bits per heavy atom. The monoisotopic (exact) mass is 199 g/mol. The normalized spacial score (nSPS) is 12.9. The molecule has 0 aliphatic carbocycles. The SMILES string of the molecule is C[C@H](CN)CCc1ccc(F)c(F)c1. The Kier molecular flexibility index (Phi) is 4.01. The van der Waals surface area contributed by atoms with Crippen LogP contribution in [0.3, 0.4) is 0 Å². The molecule has 1 rings (SSSR count). The second-order valence-electron chi connectivity index (χ2n) is 3.63. The number of halogens is 2. The first-order chi connectivity index (χ1) is 6.63. The van der Waals surface area contributed by atoms with Crippen LogP contribution in [0.4, 0.5) is 8.78 Å². The number of benzene rings is 1. The van der Waals surface area contributed by atoms with Gasteiger partial charge in [0.05, 0.1) is 0 Å². The van der Waals surface area contributed by atoms with Crippen LogP contribution < -0.4 is 5.73 Å². The molecule has 0 saturated carbocycles. The summed E-state index contributed by atoms with van der Waals surface area (Å²) in [6, 6.07) is 4.03. The maximum absolute atomic E-state index is 12.8. The highest BCUT2D eigenvalue weighted by atomic mass is 19.2. The number of rotatable bonds is 4. The predicted molar refractivity (Wildman–Crippen MR) is 52.9 cm³/mol. The van der Waals surface area contributed by atoms with Crippen molar-refractivity contribution in [1.82, 2.24) is 0 Å². The number of hydrogen-bond donors (Lipinski definition) is 1. The lowest BCUT2D eigenvalue weighted by molar-refractivity contribution is 0.503. The lowest BCUT2D eigenvalue weighted by Gasteiger charge is -2.07. The van der Waals surface area contributed by atoms with Gasteiger partial charge in [-0.15, -0.1) is 0 Å². The summed E-state index contributed by atoms with van der Waals surface area (Å²) in [5.74, 6) is -1.15. The Labute approximate surface area is 82.9 Å². The fourth-order valence-electron chi connectivity index (χ4n) is 1.23. The van der Waals surface area contributed by atoms with Gasteiger partial charge in [0.1, 0.15) is 0 Å². The molecule has 1 aromatic rings. The van der Waals surface area contributed by atoms with Crippen LogP contribution in [0.15, 0.2) is 18.2 Å². The number of aryl methyl sites for hydroxylation is 1. The molecule has 0 unspecified atom stereocenters. The molecule has 1 atom stereocenters. The van der Waals surface area contributed by atoms with E-state index in [1.807, 2.05) is 6.92 Å². The predicted octanol–water partition coefficient (Wildman–Crippen LogP) is 2.49. The van der Waals surface area contributed by atoms with Crippen molar-refractivity contribution in [3.63, 3.8) is 0 Å². The summed E-state index contributed by atoms with van der Waals surface area (Å²) in [5, 5.41) is 0. The van der Waals surface area contributed by atoms with E-state index >= 15 is 0 Å². The molecule has 1 aromatic carbocycles. The maximum Gasteiger partial charge on any atom is 0.159 e. The zero-order chi connectivity index (χ0) is 10.6. The summed E-state index contributed by atoms with van der Waals surface area (Å²) in [7, 11) is 0. The van der Waals surface area contributed by atoms with Crippen molar-refractivity contribution in [2.75, 3.05) is 6.54 Å². The average Bonchev–Trinajstić information content (AvgIpc) is 2.19. The van der Waals surface area contributed by atoms with E-state index in [9.17, 15) is 8.78 Å². The van der Waals surface area contributed by atoms with Crippen LogP contribution in [0, 0.1) is 17.6 Å². The van der Waals surface area contributed by atoms with E-state index in [0.29, 0.717) is 12.5 Å². The Balaban J connectivity index is 2.55. The maximum atomic E-state index is 12.8. The Morgan fingerprint density at radius 3 is 2.57 bits per heavy atom. The quantitative estimate of drug-likeness (QED) is 0.792. The van der Waals surface area contributed by atoms with E-state index in [1.165, 1.54) is 6.07 Å². The van der Waals surface area contributed by atoms with Crippen molar-refractivity contribution in [3.05, 3.63) is 35.4 Å². The molecule has 0 bridgehead atoms. The molecule has 0 aliphatic rings. The molecule has 0 saturated heterocycles. The van der Waals surface area contributed by atoms with Gasteiger partial charge in [0, 0.05) is 0 Å². The summed E-state index contributed by atoms with van der Waals surface area (Å²) < 4.78 is 25.4. The van der Waals surface area contributed by atoms with Crippen LogP contribution in [0.2, 0.25) is 0 Å². The van der Waals surface area contributed by atoms with Crippen LogP contribution in [-0.2, 0) is 6.42 Å². The Morgan fingerprint density at radius 2 is 2.00 bits per heavy atom. The van der Waals surface area contributed by atoms with E-state index in [2.05, 4.69) is 0 Å². The molecule has 0 radical (unpaired) electrons. The van der Waals surface area contributed by atoms with Gasteiger partial charge < -0.3 is 5.73 Å². The molecule has 0 aliphatic heterocycles. The van der Waals surface area contributed by atoms with Crippen LogP contribution in [-0.4, -0.2) is 6.54 Å². The van der Waals surface area contributed by atoms with Gasteiger partial charge in [0.2, 0.25) is 0 Å². The summed E-state index contributed by atoms with van der Waals surface area (Å²) in [6.07, 6.45) is 1.65. The Hall–Kier alpha value is -0.960. The zero-order valence-corrected chi connectivity index (χ0v) is 8.26. The topological polar surface area (TPSA) is 26.0 Å². The molecule has 0 heterocycles. The van der Waals surface area contributed by atoms with Gasteiger partial charge in [-0.3, -0.25) is 0 Å². The van der Waals surface area contributed by atoms with Gasteiger partial charge in [-0.1, -0.05) is 13.0 Å². The fourth-order valence-corrected chi connectivity index (χ4v) is 1.23. The van der Waals surface area contributed by atoms with Crippen LogP contribution in [0.1, 0.15) is 18.9 Å².